The van der Waals surface area contributed by atoms with E-state index in [9.17, 15) is 4.79 Å². The van der Waals surface area contributed by atoms with Crippen molar-refractivity contribution in [2.75, 3.05) is 72.1 Å². The van der Waals surface area contributed by atoms with Gasteiger partial charge in [0.1, 0.15) is 0 Å². The summed E-state index contributed by atoms with van der Waals surface area (Å²) in [5.74, 6) is 1.30. The Morgan fingerprint density at radius 1 is 1.15 bits per heavy atom. The predicted molar refractivity (Wildman–Crippen MR) is 115 cm³/mol. The summed E-state index contributed by atoms with van der Waals surface area (Å²) in [6, 6.07) is 3.46. The van der Waals surface area contributed by atoms with Crippen LogP contribution < -0.4 is 5.32 Å². The molecule has 0 radical (unpaired) electrons. The van der Waals surface area contributed by atoms with Gasteiger partial charge in [-0.15, -0.1) is 24.0 Å². The lowest BCUT2D eigenvalue weighted by atomic mass is 10.3. The van der Waals surface area contributed by atoms with Crippen molar-refractivity contribution in [3.63, 3.8) is 0 Å². The molecule has 1 aromatic heterocycles. The Morgan fingerprint density at radius 3 is 2.48 bits per heavy atom. The highest BCUT2D eigenvalue weighted by Gasteiger charge is 2.25. The lowest BCUT2D eigenvalue weighted by Crippen LogP contribution is -2.54. The van der Waals surface area contributed by atoms with Crippen LogP contribution in [0.1, 0.15) is 17.5 Å². The lowest BCUT2D eigenvalue weighted by Gasteiger charge is -2.36. The number of ether oxygens (including phenoxy) is 1. The molecule has 1 N–H and O–H groups in total. The number of amides is 1. The maximum atomic E-state index is 12.4. The number of guanidine groups is 1. The molecule has 152 valence electrons. The van der Waals surface area contributed by atoms with Gasteiger partial charge in [0.2, 0.25) is 0 Å². The van der Waals surface area contributed by atoms with Crippen molar-refractivity contribution in [1.29, 1.82) is 0 Å². The highest BCUT2D eigenvalue weighted by molar-refractivity contribution is 14.0. The van der Waals surface area contributed by atoms with Crippen molar-refractivity contribution in [3.05, 3.63) is 24.2 Å². The Kier molecular flexibility index (Phi) is 9.35. The first-order chi connectivity index (χ1) is 12.8. The number of halogens is 1. The Bertz CT molecular complexity index is 582. The SMILES string of the molecule is CCNC(=NCCN1CCOCC1)N1CCN(C(=O)c2ccco2)CC1.I. The average molecular weight is 491 g/mol. The van der Waals surface area contributed by atoms with Crippen LogP contribution in [0.3, 0.4) is 0 Å². The number of morpholine rings is 1. The number of hydrogen-bond donors (Lipinski definition) is 1. The molecule has 2 fully saturated rings. The van der Waals surface area contributed by atoms with Crippen molar-refractivity contribution in [2.45, 2.75) is 6.92 Å². The van der Waals surface area contributed by atoms with E-state index >= 15 is 0 Å². The molecule has 2 saturated heterocycles. The minimum atomic E-state index is -0.0380. The van der Waals surface area contributed by atoms with Crippen molar-refractivity contribution in [2.24, 2.45) is 4.99 Å². The summed E-state index contributed by atoms with van der Waals surface area (Å²) in [4.78, 5) is 23.6. The molecule has 1 amide bonds. The lowest BCUT2D eigenvalue weighted by molar-refractivity contribution is 0.0394. The van der Waals surface area contributed by atoms with E-state index < -0.39 is 0 Å². The normalized spacial score (nSPS) is 18.9. The molecule has 9 heteroatoms. The fourth-order valence-electron chi connectivity index (χ4n) is 3.23. The molecule has 0 aliphatic carbocycles. The van der Waals surface area contributed by atoms with Gasteiger partial charge in [0.15, 0.2) is 11.7 Å². The molecule has 0 saturated carbocycles. The summed E-state index contributed by atoms with van der Waals surface area (Å²) in [6.07, 6.45) is 1.54. The fourth-order valence-corrected chi connectivity index (χ4v) is 3.23. The molecule has 0 atom stereocenters. The van der Waals surface area contributed by atoms with Gasteiger partial charge in [0.05, 0.1) is 26.0 Å². The predicted octanol–water partition coefficient (Wildman–Crippen LogP) is 0.953. The Morgan fingerprint density at radius 2 is 1.85 bits per heavy atom. The standard InChI is InChI=1S/C18H29N5O3.HI/c1-2-19-18(20-5-6-21-11-14-25-15-12-21)23-9-7-22(8-10-23)17(24)16-4-3-13-26-16;/h3-4,13H,2,5-12,14-15H2,1H3,(H,19,20);1H. The summed E-state index contributed by atoms with van der Waals surface area (Å²) in [5.41, 5.74) is 0. The molecule has 8 nitrogen and oxygen atoms in total. The number of rotatable bonds is 5. The minimum Gasteiger partial charge on any atom is -0.459 e. The van der Waals surface area contributed by atoms with Crippen molar-refractivity contribution >= 4 is 35.8 Å². The van der Waals surface area contributed by atoms with E-state index in [2.05, 4.69) is 22.0 Å². The van der Waals surface area contributed by atoms with Gasteiger partial charge < -0.3 is 24.3 Å². The molecule has 0 bridgehead atoms. The minimum absolute atomic E-state index is 0. The molecular formula is C18H30IN5O3. The smallest absolute Gasteiger partial charge is 0.289 e. The van der Waals surface area contributed by atoms with E-state index in [0.29, 0.717) is 18.8 Å². The molecule has 3 heterocycles. The van der Waals surface area contributed by atoms with E-state index in [1.165, 1.54) is 6.26 Å². The third-order valence-electron chi connectivity index (χ3n) is 4.71. The van der Waals surface area contributed by atoms with E-state index in [4.69, 9.17) is 14.1 Å². The fraction of sp³-hybridized carbons (Fsp3) is 0.667. The van der Waals surface area contributed by atoms with Gasteiger partial charge in [-0.05, 0) is 19.1 Å². The van der Waals surface area contributed by atoms with Gasteiger partial charge in [-0.3, -0.25) is 14.7 Å². The van der Waals surface area contributed by atoms with Gasteiger partial charge in [0.25, 0.3) is 5.91 Å². The second-order valence-corrected chi connectivity index (χ2v) is 6.45. The highest BCUT2D eigenvalue weighted by Crippen LogP contribution is 2.09. The molecule has 0 aromatic carbocycles. The van der Waals surface area contributed by atoms with E-state index in [-0.39, 0.29) is 29.9 Å². The number of furan rings is 1. The Balaban J connectivity index is 0.00000261. The third kappa shape index (κ3) is 6.35. The van der Waals surface area contributed by atoms with E-state index in [1.807, 2.05) is 4.90 Å². The monoisotopic (exact) mass is 491 g/mol. The number of nitrogens with zero attached hydrogens (tertiary/aromatic N) is 4. The molecule has 0 spiro atoms. The van der Waals surface area contributed by atoms with Crippen molar-refractivity contribution in [3.8, 4) is 0 Å². The first kappa shape index (κ1) is 22.0. The number of aliphatic imine (C=N–C) groups is 1. The number of nitrogens with one attached hydrogen (secondary N) is 1. The molecule has 3 rings (SSSR count). The first-order valence-electron chi connectivity index (χ1n) is 9.44. The van der Waals surface area contributed by atoms with Crippen LogP contribution in [0.15, 0.2) is 27.8 Å². The Hall–Kier alpha value is -1.33. The van der Waals surface area contributed by atoms with E-state index in [1.54, 1.807) is 12.1 Å². The second-order valence-electron chi connectivity index (χ2n) is 6.45. The number of carbonyl (C=O) groups is 1. The maximum Gasteiger partial charge on any atom is 0.289 e. The van der Waals surface area contributed by atoms with Crippen LogP contribution in [-0.2, 0) is 4.74 Å². The molecule has 2 aliphatic rings. The van der Waals surface area contributed by atoms with Crippen LogP contribution in [0.5, 0.6) is 0 Å². The van der Waals surface area contributed by atoms with Gasteiger partial charge in [-0.25, -0.2) is 0 Å². The highest BCUT2D eigenvalue weighted by atomic mass is 127. The van der Waals surface area contributed by atoms with Gasteiger partial charge in [-0.2, -0.15) is 0 Å². The Labute approximate surface area is 177 Å². The molecule has 1 aromatic rings. The zero-order valence-corrected chi connectivity index (χ0v) is 18.3. The summed E-state index contributed by atoms with van der Waals surface area (Å²) in [7, 11) is 0. The largest absolute Gasteiger partial charge is 0.459 e. The number of hydrogen-bond acceptors (Lipinski definition) is 5. The molecular weight excluding hydrogens is 461 g/mol. The average Bonchev–Trinajstić information content (AvgIpc) is 3.23. The molecule has 27 heavy (non-hydrogen) atoms. The summed E-state index contributed by atoms with van der Waals surface area (Å²) >= 11 is 0. The topological polar surface area (TPSA) is 73.6 Å². The van der Waals surface area contributed by atoms with Gasteiger partial charge >= 0.3 is 0 Å². The zero-order valence-electron chi connectivity index (χ0n) is 15.9. The summed E-state index contributed by atoms with van der Waals surface area (Å²) in [5, 5.41) is 3.37. The first-order valence-corrected chi connectivity index (χ1v) is 9.44. The summed E-state index contributed by atoms with van der Waals surface area (Å²) in [6.45, 7) is 11.1. The van der Waals surface area contributed by atoms with Crippen LogP contribution in [0, 0.1) is 0 Å². The van der Waals surface area contributed by atoms with Gasteiger partial charge in [-0.1, -0.05) is 0 Å². The summed E-state index contributed by atoms with van der Waals surface area (Å²) < 4.78 is 10.6. The maximum absolute atomic E-state index is 12.4. The van der Waals surface area contributed by atoms with E-state index in [0.717, 1.165) is 65.0 Å². The zero-order chi connectivity index (χ0) is 18.2. The van der Waals surface area contributed by atoms with Gasteiger partial charge in [0, 0.05) is 52.4 Å². The van der Waals surface area contributed by atoms with Crippen LogP contribution >= 0.6 is 24.0 Å². The van der Waals surface area contributed by atoms with Crippen molar-refractivity contribution in [1.82, 2.24) is 20.0 Å². The van der Waals surface area contributed by atoms with Crippen LogP contribution in [0.25, 0.3) is 0 Å². The van der Waals surface area contributed by atoms with Crippen molar-refractivity contribution < 1.29 is 13.9 Å². The third-order valence-corrected chi connectivity index (χ3v) is 4.71. The van der Waals surface area contributed by atoms with Crippen LogP contribution in [0.2, 0.25) is 0 Å². The number of piperazine rings is 1. The number of carbonyl (C=O) groups excluding carboxylic acids is 1. The quantitative estimate of drug-likeness (QED) is 0.376. The van der Waals surface area contributed by atoms with Crippen LogP contribution in [0.4, 0.5) is 0 Å². The second kappa shape index (κ2) is 11.5. The molecule has 2 aliphatic heterocycles. The molecule has 0 unspecified atom stereocenters. The van der Waals surface area contributed by atoms with Crippen LogP contribution in [-0.4, -0.2) is 98.7 Å².